The molecule has 0 radical (unpaired) electrons. The molecule has 1 amide bonds. The summed E-state index contributed by atoms with van der Waals surface area (Å²) in [6, 6.07) is 0. The van der Waals surface area contributed by atoms with Crippen LogP contribution in [-0.4, -0.2) is 31.0 Å². The number of rotatable bonds is 2. The first-order valence-electron chi connectivity index (χ1n) is 5.17. The van der Waals surface area contributed by atoms with Gasteiger partial charge in [0.1, 0.15) is 4.88 Å². The van der Waals surface area contributed by atoms with Crippen LogP contribution in [0.4, 0.5) is 5.13 Å². The summed E-state index contributed by atoms with van der Waals surface area (Å²) in [4.78, 5) is 18.9. The molecule has 0 aromatic carbocycles. The number of hydrogen-bond donors (Lipinski definition) is 1. The quantitative estimate of drug-likeness (QED) is 0.827. The van der Waals surface area contributed by atoms with E-state index < -0.39 is 0 Å². The summed E-state index contributed by atoms with van der Waals surface area (Å²) in [6.45, 7) is 4.03. The van der Waals surface area contributed by atoms with Gasteiger partial charge in [0, 0.05) is 20.1 Å². The molecule has 0 spiro atoms. The van der Waals surface area contributed by atoms with Gasteiger partial charge in [-0.2, -0.15) is 0 Å². The Kier molecular flexibility index (Phi) is 2.90. The average Bonchev–Trinajstić information content (AvgIpc) is 2.84. The zero-order valence-electron chi connectivity index (χ0n) is 9.04. The summed E-state index contributed by atoms with van der Waals surface area (Å²) in [6.07, 6.45) is 2.46. The lowest BCUT2D eigenvalue weighted by atomic mass is 10.4. The van der Waals surface area contributed by atoms with Crippen LogP contribution in [0.1, 0.15) is 28.2 Å². The maximum Gasteiger partial charge on any atom is 0.263 e. The monoisotopic (exact) mass is 225 g/mol. The first-order valence-corrected chi connectivity index (χ1v) is 5.98. The summed E-state index contributed by atoms with van der Waals surface area (Å²) in [7, 11) is 1.65. The number of nitrogens with zero attached hydrogens (tertiary/aromatic N) is 2. The van der Waals surface area contributed by atoms with Crippen LogP contribution >= 0.6 is 11.3 Å². The van der Waals surface area contributed by atoms with E-state index in [0.717, 1.165) is 28.8 Å². The molecule has 1 aliphatic heterocycles. The zero-order valence-corrected chi connectivity index (χ0v) is 9.86. The number of nitrogens with one attached hydrogen (secondary N) is 1. The van der Waals surface area contributed by atoms with Crippen molar-refractivity contribution in [1.82, 2.24) is 10.3 Å². The van der Waals surface area contributed by atoms with Crippen LogP contribution in [0.2, 0.25) is 0 Å². The molecule has 0 atom stereocenters. The molecule has 2 heterocycles. The summed E-state index contributed by atoms with van der Waals surface area (Å²) in [5.41, 5.74) is 0.834. The Morgan fingerprint density at radius 1 is 1.47 bits per heavy atom. The molecule has 0 aliphatic carbocycles. The number of aryl methyl sites for hydroxylation is 1. The highest BCUT2D eigenvalue weighted by molar-refractivity contribution is 7.17. The van der Waals surface area contributed by atoms with Gasteiger partial charge in [0.05, 0.1) is 5.69 Å². The minimum Gasteiger partial charge on any atom is -0.354 e. The van der Waals surface area contributed by atoms with E-state index in [9.17, 15) is 4.79 Å². The van der Waals surface area contributed by atoms with Crippen LogP contribution in [0.3, 0.4) is 0 Å². The van der Waals surface area contributed by atoms with Crippen molar-refractivity contribution in [1.29, 1.82) is 0 Å². The number of amides is 1. The topological polar surface area (TPSA) is 45.2 Å². The fraction of sp³-hybridized carbons (Fsp3) is 0.600. The molecule has 0 unspecified atom stereocenters. The van der Waals surface area contributed by atoms with Gasteiger partial charge in [0.2, 0.25) is 0 Å². The van der Waals surface area contributed by atoms with Gasteiger partial charge in [-0.1, -0.05) is 11.3 Å². The van der Waals surface area contributed by atoms with Crippen LogP contribution in [0.15, 0.2) is 0 Å². The molecule has 15 heavy (non-hydrogen) atoms. The van der Waals surface area contributed by atoms with Gasteiger partial charge in [0.15, 0.2) is 5.13 Å². The Morgan fingerprint density at radius 3 is 2.73 bits per heavy atom. The van der Waals surface area contributed by atoms with Crippen molar-refractivity contribution < 1.29 is 4.79 Å². The van der Waals surface area contributed by atoms with Crippen molar-refractivity contribution in [2.75, 3.05) is 25.0 Å². The van der Waals surface area contributed by atoms with E-state index in [1.165, 1.54) is 24.2 Å². The third kappa shape index (κ3) is 1.97. The first-order chi connectivity index (χ1) is 7.22. The van der Waals surface area contributed by atoms with Crippen LogP contribution in [0, 0.1) is 6.92 Å². The third-order valence-electron chi connectivity index (χ3n) is 2.60. The van der Waals surface area contributed by atoms with E-state index in [1.54, 1.807) is 7.05 Å². The Labute approximate surface area is 93.3 Å². The average molecular weight is 225 g/mol. The highest BCUT2D eigenvalue weighted by Crippen LogP contribution is 2.28. The highest BCUT2D eigenvalue weighted by Gasteiger charge is 2.20. The number of carbonyl (C=O) groups excluding carboxylic acids is 1. The lowest BCUT2D eigenvalue weighted by Crippen LogP contribution is -2.17. The van der Waals surface area contributed by atoms with E-state index in [0.29, 0.717) is 0 Å². The van der Waals surface area contributed by atoms with Gasteiger partial charge < -0.3 is 10.2 Å². The molecule has 0 saturated carbocycles. The standard InChI is InChI=1S/C10H15N3OS/c1-7-8(9(14)11-2)15-10(12-7)13-5-3-4-6-13/h3-6H2,1-2H3,(H,11,14). The van der Waals surface area contributed by atoms with Gasteiger partial charge >= 0.3 is 0 Å². The predicted octanol–water partition coefficient (Wildman–Crippen LogP) is 1.41. The minimum atomic E-state index is -0.0320. The largest absolute Gasteiger partial charge is 0.354 e. The maximum atomic E-state index is 11.5. The molecule has 82 valence electrons. The van der Waals surface area contributed by atoms with E-state index in [-0.39, 0.29) is 5.91 Å². The second kappa shape index (κ2) is 4.18. The predicted molar refractivity (Wildman–Crippen MR) is 61.7 cm³/mol. The molecular weight excluding hydrogens is 210 g/mol. The van der Waals surface area contributed by atoms with Crippen molar-refractivity contribution in [3.63, 3.8) is 0 Å². The molecule has 5 heteroatoms. The lowest BCUT2D eigenvalue weighted by Gasteiger charge is -2.11. The van der Waals surface area contributed by atoms with Gasteiger partial charge in [-0.15, -0.1) is 0 Å². The van der Waals surface area contributed by atoms with E-state index >= 15 is 0 Å². The van der Waals surface area contributed by atoms with Crippen molar-refractivity contribution in [3.05, 3.63) is 10.6 Å². The SMILES string of the molecule is CNC(=O)c1sc(N2CCCC2)nc1C. The van der Waals surface area contributed by atoms with Gasteiger partial charge in [-0.05, 0) is 19.8 Å². The van der Waals surface area contributed by atoms with Crippen LogP contribution in [0.5, 0.6) is 0 Å². The molecule has 1 aromatic heterocycles. The van der Waals surface area contributed by atoms with Crippen molar-refractivity contribution in [2.24, 2.45) is 0 Å². The van der Waals surface area contributed by atoms with Crippen molar-refractivity contribution in [2.45, 2.75) is 19.8 Å². The molecule has 0 bridgehead atoms. The fourth-order valence-corrected chi connectivity index (χ4v) is 2.81. The number of aromatic nitrogens is 1. The van der Waals surface area contributed by atoms with Crippen LogP contribution in [0.25, 0.3) is 0 Å². The minimum absolute atomic E-state index is 0.0320. The van der Waals surface area contributed by atoms with Gasteiger partial charge in [0.25, 0.3) is 5.91 Å². The van der Waals surface area contributed by atoms with E-state index in [4.69, 9.17) is 0 Å². The fourth-order valence-electron chi connectivity index (χ4n) is 1.75. The smallest absolute Gasteiger partial charge is 0.263 e. The number of carbonyl (C=O) groups is 1. The maximum absolute atomic E-state index is 11.5. The molecule has 1 saturated heterocycles. The number of thiazole rings is 1. The number of hydrogen-bond acceptors (Lipinski definition) is 4. The van der Waals surface area contributed by atoms with Gasteiger partial charge in [-0.25, -0.2) is 4.98 Å². The number of anilines is 1. The molecule has 4 nitrogen and oxygen atoms in total. The molecule has 1 fully saturated rings. The Balaban J connectivity index is 2.23. The molecule has 2 rings (SSSR count). The first kappa shape index (κ1) is 10.4. The summed E-state index contributed by atoms with van der Waals surface area (Å²) in [5.74, 6) is -0.0320. The summed E-state index contributed by atoms with van der Waals surface area (Å²) < 4.78 is 0. The summed E-state index contributed by atoms with van der Waals surface area (Å²) in [5, 5.41) is 3.63. The van der Waals surface area contributed by atoms with Gasteiger partial charge in [-0.3, -0.25) is 4.79 Å². The summed E-state index contributed by atoms with van der Waals surface area (Å²) >= 11 is 1.49. The second-order valence-electron chi connectivity index (χ2n) is 3.68. The van der Waals surface area contributed by atoms with E-state index in [1.807, 2.05) is 6.92 Å². The highest BCUT2D eigenvalue weighted by atomic mass is 32.1. The molecule has 1 aliphatic rings. The molecule has 1 aromatic rings. The normalized spacial score (nSPS) is 15.7. The molecular formula is C10H15N3OS. The van der Waals surface area contributed by atoms with Crippen molar-refractivity contribution in [3.8, 4) is 0 Å². The third-order valence-corrected chi connectivity index (χ3v) is 3.81. The van der Waals surface area contributed by atoms with Crippen LogP contribution in [-0.2, 0) is 0 Å². The van der Waals surface area contributed by atoms with Crippen LogP contribution < -0.4 is 10.2 Å². The van der Waals surface area contributed by atoms with Crippen molar-refractivity contribution >= 4 is 22.4 Å². The lowest BCUT2D eigenvalue weighted by molar-refractivity contribution is 0.0966. The Morgan fingerprint density at radius 2 is 2.13 bits per heavy atom. The second-order valence-corrected chi connectivity index (χ2v) is 4.66. The Bertz CT molecular complexity index is 369. The van der Waals surface area contributed by atoms with E-state index in [2.05, 4.69) is 15.2 Å². The Hall–Kier alpha value is -1.10. The zero-order chi connectivity index (χ0) is 10.8. The molecule has 1 N–H and O–H groups in total.